The fourth-order valence-electron chi connectivity index (χ4n) is 2.79. The molecule has 3 aromatic rings. The van der Waals surface area contributed by atoms with Crippen molar-refractivity contribution in [1.29, 1.82) is 0 Å². The van der Waals surface area contributed by atoms with Gasteiger partial charge in [0.1, 0.15) is 5.70 Å². The summed E-state index contributed by atoms with van der Waals surface area (Å²) in [5.41, 5.74) is 1.54. The molecule has 0 saturated carbocycles. The Morgan fingerprint density at radius 3 is 2.53 bits per heavy atom. The first-order valence-electron chi connectivity index (χ1n) is 9.62. The van der Waals surface area contributed by atoms with Crippen LogP contribution in [0.4, 0.5) is 0 Å². The monoisotopic (exact) mass is 420 g/mol. The summed E-state index contributed by atoms with van der Waals surface area (Å²) in [6.07, 6.45) is 9.80. The Hall–Kier alpha value is -3.32. The molecule has 0 spiro atoms. The molecule has 0 fully saturated rings. The van der Waals surface area contributed by atoms with E-state index in [0.717, 1.165) is 23.4 Å². The lowest BCUT2D eigenvalue weighted by atomic mass is 10.1. The van der Waals surface area contributed by atoms with Gasteiger partial charge in [-0.1, -0.05) is 30.3 Å². The third-order valence-electron chi connectivity index (χ3n) is 4.39. The van der Waals surface area contributed by atoms with Gasteiger partial charge in [0.15, 0.2) is 0 Å². The van der Waals surface area contributed by atoms with Gasteiger partial charge in [0.05, 0.1) is 6.33 Å². The largest absolute Gasteiger partial charge is 0.351 e. The van der Waals surface area contributed by atoms with Crippen LogP contribution in [0.5, 0.6) is 0 Å². The molecule has 0 unspecified atom stereocenters. The van der Waals surface area contributed by atoms with E-state index >= 15 is 0 Å². The second-order valence-electron chi connectivity index (χ2n) is 6.56. The highest BCUT2D eigenvalue weighted by atomic mass is 32.2. The normalized spacial score (nSPS) is 11.2. The van der Waals surface area contributed by atoms with Crippen LogP contribution in [0.3, 0.4) is 0 Å². The van der Waals surface area contributed by atoms with Gasteiger partial charge in [0, 0.05) is 35.9 Å². The number of hydrogen-bond acceptors (Lipinski definition) is 4. The first kappa shape index (κ1) is 21.4. The number of imidazole rings is 1. The van der Waals surface area contributed by atoms with Gasteiger partial charge in [-0.15, -0.1) is 11.8 Å². The highest BCUT2D eigenvalue weighted by Gasteiger charge is 2.14. The van der Waals surface area contributed by atoms with Gasteiger partial charge >= 0.3 is 0 Å². The predicted molar refractivity (Wildman–Crippen MR) is 120 cm³/mol. The Morgan fingerprint density at radius 1 is 1.10 bits per heavy atom. The van der Waals surface area contributed by atoms with Crippen LogP contribution in [0.2, 0.25) is 0 Å². The molecule has 0 saturated heterocycles. The summed E-state index contributed by atoms with van der Waals surface area (Å²) in [7, 11) is 0. The fourth-order valence-corrected chi connectivity index (χ4v) is 3.20. The average Bonchev–Trinajstić information content (AvgIpc) is 3.31. The van der Waals surface area contributed by atoms with Gasteiger partial charge in [-0.05, 0) is 48.6 Å². The molecule has 2 aromatic carbocycles. The predicted octanol–water partition coefficient (Wildman–Crippen LogP) is 3.58. The molecule has 1 heterocycles. The number of hydrogen-bond donors (Lipinski definition) is 2. The van der Waals surface area contributed by atoms with Crippen molar-refractivity contribution in [2.24, 2.45) is 0 Å². The number of carbonyl (C=O) groups is 2. The standard InChI is InChI=1S/C23H24N4O2S/c1-30-20-10-8-18(9-11-20)16-21(26-22(28)19-6-3-2-4-7-19)23(29)25-12-5-14-27-15-13-24-17-27/h2-4,6-11,13,15-17H,5,12,14H2,1H3,(H,25,29)(H,26,28)/b21-16+. The minimum Gasteiger partial charge on any atom is -0.351 e. The van der Waals surface area contributed by atoms with Crippen molar-refractivity contribution < 1.29 is 9.59 Å². The molecule has 6 nitrogen and oxygen atoms in total. The third kappa shape index (κ3) is 6.35. The van der Waals surface area contributed by atoms with E-state index in [1.54, 1.807) is 54.6 Å². The molecule has 0 radical (unpaired) electrons. The molecule has 3 rings (SSSR count). The van der Waals surface area contributed by atoms with Crippen LogP contribution in [0.25, 0.3) is 6.08 Å². The van der Waals surface area contributed by atoms with Crippen LogP contribution in [0.15, 0.2) is 83.9 Å². The molecule has 0 bridgehead atoms. The number of thioether (sulfide) groups is 1. The summed E-state index contributed by atoms with van der Waals surface area (Å²) in [6.45, 7) is 1.24. The van der Waals surface area contributed by atoms with Gasteiger partial charge in [-0.25, -0.2) is 4.98 Å². The van der Waals surface area contributed by atoms with E-state index < -0.39 is 0 Å². The van der Waals surface area contributed by atoms with Gasteiger partial charge in [0.2, 0.25) is 0 Å². The number of nitrogens with zero attached hydrogens (tertiary/aromatic N) is 2. The smallest absolute Gasteiger partial charge is 0.267 e. The maximum absolute atomic E-state index is 12.8. The Kier molecular flexibility index (Phi) is 7.86. The van der Waals surface area contributed by atoms with Gasteiger partial charge in [-0.3, -0.25) is 9.59 Å². The lowest BCUT2D eigenvalue weighted by Crippen LogP contribution is -2.35. The zero-order chi connectivity index (χ0) is 21.2. The first-order chi connectivity index (χ1) is 14.7. The highest BCUT2D eigenvalue weighted by Crippen LogP contribution is 2.16. The zero-order valence-electron chi connectivity index (χ0n) is 16.7. The van der Waals surface area contributed by atoms with E-state index in [1.165, 1.54) is 0 Å². The van der Waals surface area contributed by atoms with Crippen molar-refractivity contribution in [3.8, 4) is 0 Å². The average molecular weight is 421 g/mol. The highest BCUT2D eigenvalue weighted by molar-refractivity contribution is 7.98. The fraction of sp³-hybridized carbons (Fsp3) is 0.174. The number of nitrogens with one attached hydrogen (secondary N) is 2. The summed E-state index contributed by atoms with van der Waals surface area (Å²) in [5.74, 6) is -0.644. The van der Waals surface area contributed by atoms with Gasteiger partial charge in [-0.2, -0.15) is 0 Å². The van der Waals surface area contributed by atoms with Crippen molar-refractivity contribution in [2.75, 3.05) is 12.8 Å². The van der Waals surface area contributed by atoms with E-state index in [4.69, 9.17) is 0 Å². The summed E-state index contributed by atoms with van der Waals surface area (Å²) in [6, 6.07) is 16.7. The number of carbonyl (C=O) groups excluding carboxylic acids is 2. The van der Waals surface area contributed by atoms with Crippen molar-refractivity contribution in [1.82, 2.24) is 20.2 Å². The van der Waals surface area contributed by atoms with Gasteiger partial charge < -0.3 is 15.2 Å². The van der Waals surface area contributed by atoms with Crippen LogP contribution >= 0.6 is 11.8 Å². The molecule has 7 heteroatoms. The van der Waals surface area contributed by atoms with E-state index in [-0.39, 0.29) is 17.5 Å². The minimum atomic E-state index is -0.323. The molecule has 2 amide bonds. The van der Waals surface area contributed by atoms with E-state index in [0.29, 0.717) is 12.1 Å². The third-order valence-corrected chi connectivity index (χ3v) is 5.14. The Balaban J connectivity index is 1.69. The van der Waals surface area contributed by atoms with Crippen LogP contribution in [0, 0.1) is 0 Å². The van der Waals surface area contributed by atoms with Crippen LogP contribution in [0.1, 0.15) is 22.3 Å². The number of amides is 2. The summed E-state index contributed by atoms with van der Waals surface area (Å²) >= 11 is 1.65. The topological polar surface area (TPSA) is 76.0 Å². The molecule has 2 N–H and O–H groups in total. The summed E-state index contributed by atoms with van der Waals surface area (Å²) < 4.78 is 1.95. The van der Waals surface area contributed by atoms with Crippen molar-refractivity contribution in [3.63, 3.8) is 0 Å². The van der Waals surface area contributed by atoms with Crippen molar-refractivity contribution >= 4 is 29.7 Å². The van der Waals surface area contributed by atoms with Gasteiger partial charge in [0.25, 0.3) is 11.8 Å². The lowest BCUT2D eigenvalue weighted by molar-refractivity contribution is -0.117. The number of rotatable bonds is 9. The quantitative estimate of drug-likeness (QED) is 0.315. The van der Waals surface area contributed by atoms with E-state index in [9.17, 15) is 9.59 Å². The number of aryl methyl sites for hydroxylation is 1. The van der Waals surface area contributed by atoms with Crippen LogP contribution in [-0.4, -0.2) is 34.2 Å². The molecule has 0 aliphatic heterocycles. The van der Waals surface area contributed by atoms with Crippen LogP contribution in [-0.2, 0) is 11.3 Å². The Bertz CT molecular complexity index is 984. The Morgan fingerprint density at radius 2 is 1.87 bits per heavy atom. The molecule has 30 heavy (non-hydrogen) atoms. The number of aromatic nitrogens is 2. The lowest BCUT2D eigenvalue weighted by Gasteiger charge is -2.12. The molecular formula is C23H24N4O2S. The molecule has 154 valence electrons. The van der Waals surface area contributed by atoms with E-state index in [2.05, 4.69) is 15.6 Å². The molecule has 1 aromatic heterocycles. The SMILES string of the molecule is CSc1ccc(/C=C(/NC(=O)c2ccccc2)C(=O)NCCCn2ccnc2)cc1. The first-order valence-corrected chi connectivity index (χ1v) is 10.8. The summed E-state index contributed by atoms with van der Waals surface area (Å²) in [5, 5.41) is 5.64. The molecule has 0 aliphatic carbocycles. The van der Waals surface area contributed by atoms with Crippen molar-refractivity contribution in [2.45, 2.75) is 17.9 Å². The second-order valence-corrected chi connectivity index (χ2v) is 7.44. The van der Waals surface area contributed by atoms with Crippen molar-refractivity contribution in [3.05, 3.63) is 90.1 Å². The van der Waals surface area contributed by atoms with E-state index in [1.807, 2.05) is 47.4 Å². The molecule has 0 aliphatic rings. The molecule has 0 atom stereocenters. The maximum atomic E-state index is 12.8. The van der Waals surface area contributed by atoms with Crippen LogP contribution < -0.4 is 10.6 Å². The maximum Gasteiger partial charge on any atom is 0.267 e. The minimum absolute atomic E-state index is 0.211. The zero-order valence-corrected chi connectivity index (χ0v) is 17.6. The second kappa shape index (κ2) is 11.0. The Labute approximate surface area is 180 Å². The molecular weight excluding hydrogens is 396 g/mol. The number of benzene rings is 2. The summed E-state index contributed by atoms with van der Waals surface area (Å²) in [4.78, 5) is 30.5.